The maximum Gasteiger partial charge on any atom is 0.392 e. The number of carboxylic acid groups (broad SMARTS) is 1. The molecule has 0 saturated heterocycles. The summed E-state index contributed by atoms with van der Waals surface area (Å²) in [4.78, 5) is 22.7. The standard InChI is InChI=1S/C16H18F3NO4/c17-16(18,19)13-7-2-1-6-12(13)15(23)20-10-4-3-5-11(8-10)24-9-14(21)22/h3-5,8,12-13H,1-2,6-7,9H2,(H,20,23)(H,21,22). The van der Waals surface area contributed by atoms with Crippen LogP contribution < -0.4 is 10.1 Å². The van der Waals surface area contributed by atoms with Gasteiger partial charge in [0, 0.05) is 17.7 Å². The van der Waals surface area contributed by atoms with E-state index < -0.39 is 36.5 Å². The maximum atomic E-state index is 13.1. The van der Waals surface area contributed by atoms with Crippen LogP contribution in [-0.4, -0.2) is 29.8 Å². The van der Waals surface area contributed by atoms with Gasteiger partial charge in [0.2, 0.25) is 5.91 Å². The number of hydrogen-bond donors (Lipinski definition) is 2. The Balaban J connectivity index is 2.05. The quantitative estimate of drug-likeness (QED) is 0.857. The van der Waals surface area contributed by atoms with E-state index in [0.29, 0.717) is 12.8 Å². The van der Waals surface area contributed by atoms with Crippen molar-refractivity contribution >= 4 is 17.6 Å². The molecule has 2 unspecified atom stereocenters. The van der Waals surface area contributed by atoms with Gasteiger partial charge in [0.1, 0.15) is 5.75 Å². The van der Waals surface area contributed by atoms with Gasteiger partial charge in [0.15, 0.2) is 6.61 Å². The van der Waals surface area contributed by atoms with Crippen molar-refractivity contribution in [3.8, 4) is 5.75 Å². The number of alkyl halides is 3. The van der Waals surface area contributed by atoms with Crippen molar-refractivity contribution in [2.45, 2.75) is 31.9 Å². The van der Waals surface area contributed by atoms with Gasteiger partial charge in [0.25, 0.3) is 0 Å². The first kappa shape index (κ1) is 18.1. The summed E-state index contributed by atoms with van der Waals surface area (Å²) in [5, 5.41) is 11.0. The molecule has 2 N–H and O–H groups in total. The molecule has 0 aromatic heterocycles. The molecule has 2 rings (SSSR count). The highest BCUT2D eigenvalue weighted by atomic mass is 19.4. The van der Waals surface area contributed by atoms with Gasteiger partial charge in [-0.1, -0.05) is 18.9 Å². The van der Waals surface area contributed by atoms with Crippen LogP contribution in [0.3, 0.4) is 0 Å². The highest BCUT2D eigenvalue weighted by molar-refractivity contribution is 5.93. The number of anilines is 1. The number of carboxylic acids is 1. The molecule has 0 aliphatic heterocycles. The second-order valence-electron chi connectivity index (χ2n) is 5.74. The maximum absolute atomic E-state index is 13.1. The highest BCUT2D eigenvalue weighted by Crippen LogP contribution is 2.41. The van der Waals surface area contributed by atoms with Crippen LogP contribution in [0.5, 0.6) is 5.75 Å². The minimum absolute atomic E-state index is 0.0383. The van der Waals surface area contributed by atoms with E-state index in [1.807, 2.05) is 0 Å². The molecule has 2 atom stereocenters. The summed E-state index contributed by atoms with van der Waals surface area (Å²) in [5.41, 5.74) is 0.273. The minimum Gasteiger partial charge on any atom is -0.482 e. The topological polar surface area (TPSA) is 75.6 Å². The number of aliphatic carboxylic acids is 1. The van der Waals surface area contributed by atoms with Crippen LogP contribution in [0, 0.1) is 11.8 Å². The molecule has 0 bridgehead atoms. The Morgan fingerprint density at radius 2 is 1.96 bits per heavy atom. The summed E-state index contributed by atoms with van der Waals surface area (Å²) in [5.74, 6) is -4.35. The van der Waals surface area contributed by atoms with Crippen LogP contribution in [0.1, 0.15) is 25.7 Å². The summed E-state index contributed by atoms with van der Waals surface area (Å²) in [6.45, 7) is -0.545. The predicted octanol–water partition coefficient (Wildman–Crippen LogP) is 3.46. The first-order chi connectivity index (χ1) is 11.3. The number of amides is 1. The van der Waals surface area contributed by atoms with Crippen LogP contribution in [0.25, 0.3) is 0 Å². The number of hydrogen-bond acceptors (Lipinski definition) is 3. The first-order valence-corrected chi connectivity index (χ1v) is 7.59. The molecule has 1 saturated carbocycles. The first-order valence-electron chi connectivity index (χ1n) is 7.59. The lowest BCUT2D eigenvalue weighted by Gasteiger charge is -2.32. The number of benzene rings is 1. The van der Waals surface area contributed by atoms with E-state index in [2.05, 4.69) is 5.32 Å². The molecule has 1 fully saturated rings. The molecule has 0 spiro atoms. The summed E-state index contributed by atoms with van der Waals surface area (Å²) in [7, 11) is 0. The van der Waals surface area contributed by atoms with E-state index in [1.165, 1.54) is 24.3 Å². The van der Waals surface area contributed by atoms with Gasteiger partial charge in [-0.05, 0) is 25.0 Å². The van der Waals surface area contributed by atoms with E-state index in [0.717, 1.165) is 0 Å². The van der Waals surface area contributed by atoms with E-state index >= 15 is 0 Å². The Kier molecular flexibility index (Phi) is 5.69. The molecule has 1 aromatic rings. The Morgan fingerprint density at radius 1 is 1.25 bits per heavy atom. The fourth-order valence-electron chi connectivity index (χ4n) is 2.88. The molecule has 24 heavy (non-hydrogen) atoms. The molecule has 1 aliphatic carbocycles. The van der Waals surface area contributed by atoms with Gasteiger partial charge in [0.05, 0.1) is 5.92 Å². The third kappa shape index (κ3) is 4.87. The normalized spacial score (nSPS) is 21.1. The lowest BCUT2D eigenvalue weighted by atomic mass is 9.78. The number of nitrogens with one attached hydrogen (secondary N) is 1. The van der Waals surface area contributed by atoms with Crippen LogP contribution in [0.15, 0.2) is 24.3 Å². The Bertz CT molecular complexity index is 603. The number of ether oxygens (including phenoxy) is 1. The van der Waals surface area contributed by atoms with Crippen molar-refractivity contribution in [3.63, 3.8) is 0 Å². The molecule has 1 amide bonds. The van der Waals surface area contributed by atoms with Gasteiger partial charge < -0.3 is 15.2 Å². The second kappa shape index (κ2) is 7.55. The molecule has 1 aromatic carbocycles. The Hall–Kier alpha value is -2.25. The Labute approximate surface area is 136 Å². The molecular weight excluding hydrogens is 327 g/mol. The summed E-state index contributed by atoms with van der Waals surface area (Å²) < 4.78 is 44.2. The van der Waals surface area contributed by atoms with Crippen molar-refractivity contribution in [2.24, 2.45) is 11.8 Å². The SMILES string of the molecule is O=C(O)COc1cccc(NC(=O)C2CCCCC2C(F)(F)F)c1. The average molecular weight is 345 g/mol. The minimum atomic E-state index is -4.39. The second-order valence-corrected chi connectivity index (χ2v) is 5.74. The zero-order chi connectivity index (χ0) is 17.7. The van der Waals surface area contributed by atoms with Crippen LogP contribution in [0.2, 0.25) is 0 Å². The number of halogens is 3. The molecule has 0 radical (unpaired) electrons. The number of rotatable bonds is 5. The third-order valence-corrected chi connectivity index (χ3v) is 3.99. The largest absolute Gasteiger partial charge is 0.482 e. The third-order valence-electron chi connectivity index (χ3n) is 3.99. The fourth-order valence-corrected chi connectivity index (χ4v) is 2.88. The number of carbonyl (C=O) groups is 2. The summed E-state index contributed by atoms with van der Waals surface area (Å²) in [6.07, 6.45) is -3.18. The Morgan fingerprint density at radius 3 is 2.62 bits per heavy atom. The van der Waals surface area contributed by atoms with Gasteiger partial charge in [-0.25, -0.2) is 4.79 Å². The van der Waals surface area contributed by atoms with Gasteiger partial charge >= 0.3 is 12.1 Å². The van der Waals surface area contributed by atoms with Crippen LogP contribution >= 0.6 is 0 Å². The van der Waals surface area contributed by atoms with Gasteiger partial charge in [-0.15, -0.1) is 0 Å². The molecule has 132 valence electrons. The molecule has 1 aliphatic rings. The lowest BCUT2D eigenvalue weighted by Crippen LogP contribution is -2.39. The van der Waals surface area contributed by atoms with Crippen molar-refractivity contribution in [2.75, 3.05) is 11.9 Å². The summed E-state index contributed by atoms with van der Waals surface area (Å²) in [6, 6.07) is 5.91. The van der Waals surface area contributed by atoms with E-state index in [4.69, 9.17) is 9.84 Å². The molecule has 5 nitrogen and oxygen atoms in total. The van der Waals surface area contributed by atoms with E-state index in [1.54, 1.807) is 0 Å². The molecule has 0 heterocycles. The average Bonchev–Trinajstić information content (AvgIpc) is 2.52. The summed E-state index contributed by atoms with van der Waals surface area (Å²) >= 11 is 0. The lowest BCUT2D eigenvalue weighted by molar-refractivity contribution is -0.197. The zero-order valence-electron chi connectivity index (χ0n) is 12.8. The molecule has 8 heteroatoms. The monoisotopic (exact) mass is 345 g/mol. The van der Waals surface area contributed by atoms with Crippen LogP contribution in [0.4, 0.5) is 18.9 Å². The molecular formula is C16H18F3NO4. The van der Waals surface area contributed by atoms with E-state index in [9.17, 15) is 22.8 Å². The van der Waals surface area contributed by atoms with E-state index in [-0.39, 0.29) is 24.3 Å². The number of carbonyl (C=O) groups excluding carboxylic acids is 1. The zero-order valence-corrected chi connectivity index (χ0v) is 12.8. The van der Waals surface area contributed by atoms with Gasteiger partial charge in [-0.2, -0.15) is 13.2 Å². The van der Waals surface area contributed by atoms with Crippen molar-refractivity contribution in [1.29, 1.82) is 0 Å². The van der Waals surface area contributed by atoms with Crippen LogP contribution in [-0.2, 0) is 9.59 Å². The van der Waals surface area contributed by atoms with Crippen molar-refractivity contribution < 1.29 is 32.6 Å². The highest BCUT2D eigenvalue weighted by Gasteiger charge is 2.48. The van der Waals surface area contributed by atoms with Crippen molar-refractivity contribution in [1.82, 2.24) is 0 Å². The fraction of sp³-hybridized carbons (Fsp3) is 0.500. The van der Waals surface area contributed by atoms with Gasteiger partial charge in [-0.3, -0.25) is 4.79 Å². The van der Waals surface area contributed by atoms with Crippen molar-refractivity contribution in [3.05, 3.63) is 24.3 Å². The predicted molar refractivity (Wildman–Crippen MR) is 79.7 cm³/mol. The smallest absolute Gasteiger partial charge is 0.392 e.